The SMILES string of the molecule is C=CCOc1ccc(CN2CCCN(S(=O)(=O)N3CCCC3)CC2)cc1CC=C. The Morgan fingerprint density at radius 2 is 1.66 bits per heavy atom. The Morgan fingerprint density at radius 1 is 0.931 bits per heavy atom. The zero-order valence-electron chi connectivity index (χ0n) is 17.3. The van der Waals surface area contributed by atoms with Crippen LogP contribution in [-0.2, 0) is 23.2 Å². The fourth-order valence-electron chi connectivity index (χ4n) is 4.01. The molecule has 29 heavy (non-hydrogen) atoms. The largest absolute Gasteiger partial charge is 0.489 e. The monoisotopic (exact) mass is 419 g/mol. The van der Waals surface area contributed by atoms with Crippen molar-refractivity contribution in [1.29, 1.82) is 0 Å². The van der Waals surface area contributed by atoms with Crippen molar-refractivity contribution in [3.63, 3.8) is 0 Å². The molecule has 2 fully saturated rings. The van der Waals surface area contributed by atoms with Crippen LogP contribution < -0.4 is 4.74 Å². The predicted octanol–water partition coefficient (Wildman–Crippen LogP) is 2.83. The molecule has 3 rings (SSSR count). The highest BCUT2D eigenvalue weighted by Crippen LogP contribution is 2.23. The summed E-state index contributed by atoms with van der Waals surface area (Å²) in [6, 6.07) is 6.28. The Hall–Kier alpha value is -1.67. The molecule has 160 valence electrons. The van der Waals surface area contributed by atoms with E-state index in [0.29, 0.717) is 32.8 Å². The normalized spacial score (nSPS) is 19.7. The van der Waals surface area contributed by atoms with Crippen molar-refractivity contribution in [2.24, 2.45) is 0 Å². The predicted molar refractivity (Wildman–Crippen MR) is 117 cm³/mol. The molecule has 0 spiro atoms. The molecule has 0 N–H and O–H groups in total. The number of benzene rings is 1. The van der Waals surface area contributed by atoms with Crippen LogP contribution in [0.15, 0.2) is 43.5 Å². The molecule has 0 aromatic heterocycles. The molecule has 6 nitrogen and oxygen atoms in total. The molecule has 0 amide bonds. The van der Waals surface area contributed by atoms with Gasteiger partial charge in [0.15, 0.2) is 0 Å². The molecule has 0 aliphatic carbocycles. The molecule has 0 unspecified atom stereocenters. The highest BCUT2D eigenvalue weighted by atomic mass is 32.2. The third kappa shape index (κ3) is 5.69. The van der Waals surface area contributed by atoms with Crippen molar-refractivity contribution in [1.82, 2.24) is 13.5 Å². The van der Waals surface area contributed by atoms with Crippen LogP contribution in [0, 0.1) is 0 Å². The smallest absolute Gasteiger partial charge is 0.282 e. The lowest BCUT2D eigenvalue weighted by atomic mass is 10.1. The van der Waals surface area contributed by atoms with Crippen LogP contribution in [0.4, 0.5) is 0 Å². The Morgan fingerprint density at radius 3 is 2.38 bits per heavy atom. The van der Waals surface area contributed by atoms with E-state index in [-0.39, 0.29) is 0 Å². The van der Waals surface area contributed by atoms with E-state index in [1.54, 1.807) is 14.7 Å². The van der Waals surface area contributed by atoms with Crippen LogP contribution in [0.3, 0.4) is 0 Å². The van der Waals surface area contributed by atoms with Gasteiger partial charge in [-0.25, -0.2) is 0 Å². The number of allylic oxidation sites excluding steroid dienone is 1. The molecule has 0 bridgehead atoms. The van der Waals surface area contributed by atoms with E-state index in [2.05, 4.69) is 30.2 Å². The van der Waals surface area contributed by atoms with Crippen LogP contribution in [0.2, 0.25) is 0 Å². The standard InChI is InChI=1S/C22H33N3O3S/c1-3-8-21-18-20(9-10-22(21)28-17-4-2)19-23-11-7-14-25(16-15-23)29(26,27)24-12-5-6-13-24/h3-4,9-10,18H,1-2,5-8,11-17,19H2. The number of hydrogen-bond acceptors (Lipinski definition) is 4. The topological polar surface area (TPSA) is 53.1 Å². The summed E-state index contributed by atoms with van der Waals surface area (Å²) >= 11 is 0. The number of rotatable bonds is 9. The van der Waals surface area contributed by atoms with Crippen molar-refractivity contribution in [3.8, 4) is 5.75 Å². The summed E-state index contributed by atoms with van der Waals surface area (Å²) in [6.45, 7) is 13.0. The first-order chi connectivity index (χ1) is 14.0. The lowest BCUT2D eigenvalue weighted by Gasteiger charge is -2.26. The van der Waals surface area contributed by atoms with Crippen LogP contribution >= 0.6 is 0 Å². The lowest BCUT2D eigenvalue weighted by Crippen LogP contribution is -2.44. The molecule has 0 atom stereocenters. The summed E-state index contributed by atoms with van der Waals surface area (Å²) in [5.74, 6) is 0.868. The van der Waals surface area contributed by atoms with Crippen LogP contribution in [-0.4, -0.2) is 67.8 Å². The van der Waals surface area contributed by atoms with Crippen LogP contribution in [0.1, 0.15) is 30.4 Å². The zero-order valence-corrected chi connectivity index (χ0v) is 18.1. The van der Waals surface area contributed by atoms with Gasteiger partial charge in [-0.15, -0.1) is 6.58 Å². The molecule has 2 heterocycles. The number of ether oxygens (including phenoxy) is 1. The van der Waals surface area contributed by atoms with Crippen molar-refractivity contribution >= 4 is 10.2 Å². The summed E-state index contributed by atoms with van der Waals surface area (Å²) in [6.07, 6.45) is 7.17. The van der Waals surface area contributed by atoms with Gasteiger partial charge in [-0.3, -0.25) is 4.90 Å². The van der Waals surface area contributed by atoms with E-state index in [1.165, 1.54) is 5.56 Å². The maximum Gasteiger partial charge on any atom is 0.282 e. The first-order valence-electron chi connectivity index (χ1n) is 10.5. The van der Waals surface area contributed by atoms with Gasteiger partial charge in [0.2, 0.25) is 0 Å². The molecule has 2 saturated heterocycles. The number of hydrogen-bond donors (Lipinski definition) is 0. The van der Waals surface area contributed by atoms with Gasteiger partial charge in [-0.1, -0.05) is 30.9 Å². The average Bonchev–Trinajstić information content (AvgIpc) is 3.16. The molecule has 7 heteroatoms. The molecular formula is C22H33N3O3S. The molecule has 2 aliphatic rings. The van der Waals surface area contributed by atoms with Crippen molar-refractivity contribution < 1.29 is 13.2 Å². The van der Waals surface area contributed by atoms with Gasteiger partial charge in [0.25, 0.3) is 10.2 Å². The molecule has 1 aromatic rings. The first-order valence-corrected chi connectivity index (χ1v) is 11.9. The highest BCUT2D eigenvalue weighted by molar-refractivity contribution is 7.86. The Bertz CT molecular complexity index is 804. The molecule has 0 saturated carbocycles. The quantitative estimate of drug-likeness (QED) is 0.578. The Balaban J connectivity index is 1.63. The summed E-state index contributed by atoms with van der Waals surface area (Å²) < 4.78 is 34.8. The Kier molecular flexibility index (Phi) is 7.89. The third-order valence-electron chi connectivity index (χ3n) is 5.52. The van der Waals surface area contributed by atoms with Gasteiger partial charge < -0.3 is 4.74 Å². The molecule has 1 aromatic carbocycles. The minimum Gasteiger partial charge on any atom is -0.489 e. The summed E-state index contributed by atoms with van der Waals surface area (Å²) in [5.41, 5.74) is 2.33. The zero-order chi connectivity index (χ0) is 20.7. The van der Waals surface area contributed by atoms with Crippen molar-refractivity contribution in [3.05, 3.63) is 54.6 Å². The maximum absolute atomic E-state index is 12.8. The van der Waals surface area contributed by atoms with E-state index >= 15 is 0 Å². The van der Waals surface area contributed by atoms with Gasteiger partial charge >= 0.3 is 0 Å². The molecule has 2 aliphatic heterocycles. The summed E-state index contributed by atoms with van der Waals surface area (Å²) in [4.78, 5) is 2.34. The van der Waals surface area contributed by atoms with Gasteiger partial charge in [0.1, 0.15) is 12.4 Å². The van der Waals surface area contributed by atoms with Gasteiger partial charge in [-0.2, -0.15) is 17.0 Å². The maximum atomic E-state index is 12.8. The van der Waals surface area contributed by atoms with Crippen molar-refractivity contribution in [2.45, 2.75) is 32.2 Å². The van der Waals surface area contributed by atoms with Crippen LogP contribution in [0.5, 0.6) is 5.75 Å². The minimum absolute atomic E-state index is 0.483. The van der Waals surface area contributed by atoms with Gasteiger partial charge in [-0.05, 0) is 49.4 Å². The highest BCUT2D eigenvalue weighted by Gasteiger charge is 2.32. The van der Waals surface area contributed by atoms with Crippen molar-refractivity contribution in [2.75, 3.05) is 45.9 Å². The van der Waals surface area contributed by atoms with E-state index in [4.69, 9.17) is 4.74 Å². The van der Waals surface area contributed by atoms with E-state index < -0.39 is 10.2 Å². The summed E-state index contributed by atoms with van der Waals surface area (Å²) in [7, 11) is -3.31. The lowest BCUT2D eigenvalue weighted by molar-refractivity contribution is 0.276. The molecule has 0 radical (unpaired) electrons. The average molecular weight is 420 g/mol. The summed E-state index contributed by atoms with van der Waals surface area (Å²) in [5, 5.41) is 0. The van der Waals surface area contributed by atoms with E-state index in [9.17, 15) is 8.42 Å². The number of nitrogens with zero attached hydrogens (tertiary/aromatic N) is 3. The second-order valence-electron chi connectivity index (χ2n) is 7.68. The minimum atomic E-state index is -3.31. The van der Waals surface area contributed by atoms with Crippen LogP contribution in [0.25, 0.3) is 0 Å². The Labute approximate surface area is 175 Å². The van der Waals surface area contributed by atoms with Gasteiger partial charge in [0.05, 0.1) is 0 Å². The first kappa shape index (κ1) is 22.0. The van der Waals surface area contributed by atoms with E-state index in [0.717, 1.165) is 56.6 Å². The fraction of sp³-hybridized carbons (Fsp3) is 0.545. The van der Waals surface area contributed by atoms with Gasteiger partial charge in [0, 0.05) is 39.3 Å². The third-order valence-corrected chi connectivity index (χ3v) is 7.55. The second-order valence-corrected chi connectivity index (χ2v) is 9.61. The van der Waals surface area contributed by atoms with E-state index in [1.807, 2.05) is 12.1 Å². The second kappa shape index (κ2) is 10.4. The molecular weight excluding hydrogens is 386 g/mol. The fourth-order valence-corrected chi connectivity index (χ4v) is 5.73.